The van der Waals surface area contributed by atoms with Gasteiger partial charge in [-0.2, -0.15) is 0 Å². The van der Waals surface area contributed by atoms with Gasteiger partial charge in [0.05, 0.1) is 0 Å². The van der Waals surface area contributed by atoms with E-state index >= 15 is 0 Å². The van der Waals surface area contributed by atoms with Crippen LogP contribution in [-0.2, 0) is 7.05 Å². The number of alkyl halides is 1. The predicted octanol–water partition coefficient (Wildman–Crippen LogP) is 2.29. The predicted molar refractivity (Wildman–Crippen MR) is 49.4 cm³/mol. The third-order valence-electron chi connectivity index (χ3n) is 2.62. The van der Waals surface area contributed by atoms with Crippen molar-refractivity contribution in [2.75, 3.05) is 0 Å². The summed E-state index contributed by atoms with van der Waals surface area (Å²) in [5.74, 6) is 1.62. The number of hydrogen-bond acceptors (Lipinski definition) is 1. The Morgan fingerprint density at radius 2 is 2.42 bits per heavy atom. The minimum Gasteiger partial charge on any atom is -0.338 e. The highest BCUT2D eigenvalue weighted by Crippen LogP contribution is 2.36. The lowest BCUT2D eigenvalue weighted by Gasteiger charge is -2.12. The van der Waals surface area contributed by atoms with Gasteiger partial charge in [-0.3, -0.25) is 0 Å². The number of aromatic nitrogens is 2. The molecule has 0 aliphatic heterocycles. The number of imidazole rings is 1. The number of nitrogens with zero attached hydrogens (tertiary/aromatic N) is 2. The summed E-state index contributed by atoms with van der Waals surface area (Å²) in [6.45, 7) is 0. The van der Waals surface area contributed by atoms with E-state index in [1.165, 1.54) is 12.8 Å². The first-order valence-corrected chi connectivity index (χ1v) is 4.84. The molecule has 0 radical (unpaired) electrons. The molecule has 2 atom stereocenters. The second kappa shape index (κ2) is 3.09. The molecule has 66 valence electrons. The van der Waals surface area contributed by atoms with Crippen molar-refractivity contribution in [1.29, 1.82) is 0 Å². The molecule has 0 bridgehead atoms. The first kappa shape index (κ1) is 8.11. The average molecular weight is 185 g/mol. The molecule has 1 aromatic heterocycles. The second-order valence-electron chi connectivity index (χ2n) is 3.45. The molecule has 1 fully saturated rings. The molecule has 1 aliphatic carbocycles. The molecule has 2 unspecified atom stereocenters. The number of aryl methyl sites for hydroxylation is 1. The zero-order valence-electron chi connectivity index (χ0n) is 7.20. The fourth-order valence-electron chi connectivity index (χ4n) is 1.94. The zero-order valence-corrected chi connectivity index (χ0v) is 7.96. The van der Waals surface area contributed by atoms with Crippen LogP contribution >= 0.6 is 11.6 Å². The maximum absolute atomic E-state index is 6.19. The highest BCUT2D eigenvalue weighted by molar-refractivity contribution is 6.21. The van der Waals surface area contributed by atoms with Crippen molar-refractivity contribution >= 4 is 11.6 Å². The van der Waals surface area contributed by atoms with Crippen LogP contribution in [0.25, 0.3) is 0 Å². The van der Waals surface area contributed by atoms with E-state index in [9.17, 15) is 0 Å². The molecule has 0 aromatic carbocycles. The summed E-state index contributed by atoms with van der Waals surface area (Å²) in [5, 5.41) is 0.297. The molecule has 12 heavy (non-hydrogen) atoms. The summed E-state index contributed by atoms with van der Waals surface area (Å²) in [7, 11) is 2.03. The Kier molecular flexibility index (Phi) is 2.09. The third kappa shape index (κ3) is 1.24. The molecular formula is C9H13ClN2. The molecule has 2 nitrogen and oxygen atoms in total. The summed E-state index contributed by atoms with van der Waals surface area (Å²) in [4.78, 5) is 4.33. The Labute approximate surface area is 77.6 Å². The van der Waals surface area contributed by atoms with Crippen molar-refractivity contribution in [3.8, 4) is 0 Å². The SMILES string of the molecule is Cn1ccnc1C1CCCC1Cl. The molecule has 1 saturated carbocycles. The standard InChI is InChI=1S/C9H13ClN2/c1-12-6-5-11-9(12)7-3-2-4-8(7)10/h5-8H,2-4H2,1H3. The quantitative estimate of drug-likeness (QED) is 0.613. The van der Waals surface area contributed by atoms with Gasteiger partial charge in [-0.15, -0.1) is 11.6 Å². The molecule has 0 amide bonds. The van der Waals surface area contributed by atoms with E-state index < -0.39 is 0 Å². The summed E-state index contributed by atoms with van der Waals surface area (Å²) in [6, 6.07) is 0. The fraction of sp³-hybridized carbons (Fsp3) is 0.667. The molecule has 1 aromatic rings. The Bertz CT molecular complexity index is 269. The lowest BCUT2D eigenvalue weighted by molar-refractivity contribution is 0.637. The van der Waals surface area contributed by atoms with E-state index in [2.05, 4.69) is 9.55 Å². The van der Waals surface area contributed by atoms with E-state index in [-0.39, 0.29) is 0 Å². The van der Waals surface area contributed by atoms with Gasteiger partial charge in [0.1, 0.15) is 5.82 Å². The Balaban J connectivity index is 2.24. The molecular weight excluding hydrogens is 172 g/mol. The maximum Gasteiger partial charge on any atom is 0.112 e. The van der Waals surface area contributed by atoms with E-state index in [0.717, 1.165) is 12.2 Å². The lowest BCUT2D eigenvalue weighted by atomic mass is 10.1. The van der Waals surface area contributed by atoms with Crippen molar-refractivity contribution in [3.05, 3.63) is 18.2 Å². The van der Waals surface area contributed by atoms with Crippen LogP contribution in [0.1, 0.15) is 31.0 Å². The number of halogens is 1. The summed E-state index contributed by atoms with van der Waals surface area (Å²) in [6.07, 6.45) is 7.40. The summed E-state index contributed by atoms with van der Waals surface area (Å²) >= 11 is 6.19. The Morgan fingerprint density at radius 3 is 2.92 bits per heavy atom. The van der Waals surface area contributed by atoms with Gasteiger partial charge in [0.25, 0.3) is 0 Å². The topological polar surface area (TPSA) is 17.8 Å². The summed E-state index contributed by atoms with van der Waals surface area (Å²) in [5.41, 5.74) is 0. The van der Waals surface area contributed by atoms with Crippen LogP contribution in [0, 0.1) is 0 Å². The molecule has 0 saturated heterocycles. The molecule has 3 heteroatoms. The number of rotatable bonds is 1. The first-order chi connectivity index (χ1) is 5.79. The first-order valence-electron chi connectivity index (χ1n) is 4.40. The molecule has 2 rings (SSSR count). The minimum absolute atomic E-state index is 0.297. The molecule has 0 N–H and O–H groups in total. The second-order valence-corrected chi connectivity index (χ2v) is 4.01. The lowest BCUT2D eigenvalue weighted by Crippen LogP contribution is -2.10. The van der Waals surface area contributed by atoms with E-state index in [1.807, 2.05) is 19.4 Å². The highest BCUT2D eigenvalue weighted by atomic mass is 35.5. The minimum atomic E-state index is 0.297. The highest BCUT2D eigenvalue weighted by Gasteiger charge is 2.29. The van der Waals surface area contributed by atoms with Crippen molar-refractivity contribution in [2.24, 2.45) is 7.05 Å². The van der Waals surface area contributed by atoms with Gasteiger partial charge in [-0.1, -0.05) is 6.42 Å². The fourth-order valence-corrected chi connectivity index (χ4v) is 2.33. The number of hydrogen-bond donors (Lipinski definition) is 0. The molecule has 1 aliphatic rings. The van der Waals surface area contributed by atoms with Crippen molar-refractivity contribution in [1.82, 2.24) is 9.55 Å². The maximum atomic E-state index is 6.19. The van der Waals surface area contributed by atoms with Crippen LogP contribution in [0.15, 0.2) is 12.4 Å². The monoisotopic (exact) mass is 184 g/mol. The van der Waals surface area contributed by atoms with Crippen LogP contribution in [-0.4, -0.2) is 14.9 Å². The van der Waals surface area contributed by atoms with Crippen molar-refractivity contribution in [3.63, 3.8) is 0 Å². The summed E-state index contributed by atoms with van der Waals surface area (Å²) < 4.78 is 2.07. The van der Waals surface area contributed by atoms with Crippen LogP contribution in [0.4, 0.5) is 0 Å². The van der Waals surface area contributed by atoms with Crippen LogP contribution in [0.2, 0.25) is 0 Å². The van der Waals surface area contributed by atoms with Crippen LogP contribution < -0.4 is 0 Å². The third-order valence-corrected chi connectivity index (χ3v) is 3.14. The molecule has 0 spiro atoms. The van der Waals surface area contributed by atoms with Crippen LogP contribution in [0.5, 0.6) is 0 Å². The van der Waals surface area contributed by atoms with E-state index in [0.29, 0.717) is 11.3 Å². The molecule has 1 heterocycles. The Morgan fingerprint density at radius 1 is 1.58 bits per heavy atom. The van der Waals surface area contributed by atoms with Crippen molar-refractivity contribution in [2.45, 2.75) is 30.6 Å². The Hall–Kier alpha value is -0.500. The van der Waals surface area contributed by atoms with Gasteiger partial charge in [-0.05, 0) is 12.8 Å². The average Bonchev–Trinajstić information content (AvgIpc) is 2.59. The van der Waals surface area contributed by atoms with Gasteiger partial charge in [0.2, 0.25) is 0 Å². The van der Waals surface area contributed by atoms with Crippen molar-refractivity contribution < 1.29 is 0 Å². The van der Waals surface area contributed by atoms with Gasteiger partial charge >= 0.3 is 0 Å². The van der Waals surface area contributed by atoms with E-state index in [1.54, 1.807) is 0 Å². The van der Waals surface area contributed by atoms with Gasteiger partial charge in [-0.25, -0.2) is 4.98 Å². The smallest absolute Gasteiger partial charge is 0.112 e. The zero-order chi connectivity index (χ0) is 8.55. The van der Waals surface area contributed by atoms with E-state index in [4.69, 9.17) is 11.6 Å². The normalized spacial score (nSPS) is 29.5. The van der Waals surface area contributed by atoms with Gasteiger partial charge in [0.15, 0.2) is 0 Å². The van der Waals surface area contributed by atoms with Gasteiger partial charge in [0, 0.05) is 30.7 Å². The van der Waals surface area contributed by atoms with Crippen LogP contribution in [0.3, 0.4) is 0 Å². The largest absolute Gasteiger partial charge is 0.338 e. The van der Waals surface area contributed by atoms with Gasteiger partial charge < -0.3 is 4.57 Å².